The lowest BCUT2D eigenvalue weighted by Gasteiger charge is -2.36. The molecule has 0 bridgehead atoms. The summed E-state index contributed by atoms with van der Waals surface area (Å²) in [6, 6.07) is 20.7. The third-order valence-corrected chi connectivity index (χ3v) is 6.38. The van der Waals surface area contributed by atoms with E-state index < -0.39 is 0 Å². The number of rotatable bonds is 7. The number of aryl methyl sites for hydroxylation is 1. The fourth-order valence-electron chi connectivity index (χ4n) is 4.55. The van der Waals surface area contributed by atoms with Crippen molar-refractivity contribution in [3.05, 3.63) is 90.1 Å². The number of piperazine rings is 1. The van der Waals surface area contributed by atoms with E-state index in [-0.39, 0.29) is 11.7 Å². The second kappa shape index (κ2) is 10.0. The number of fused-ring (bicyclic) bond motifs is 1. The number of nitrogens with zero attached hydrogens (tertiary/aromatic N) is 5. The lowest BCUT2D eigenvalue weighted by atomic mass is 10.1. The summed E-state index contributed by atoms with van der Waals surface area (Å²) in [7, 11) is 0. The largest absolute Gasteiger partial charge is 0.368 e. The third-order valence-electron chi connectivity index (χ3n) is 6.38. The van der Waals surface area contributed by atoms with E-state index in [0.29, 0.717) is 26.1 Å². The van der Waals surface area contributed by atoms with Crippen LogP contribution in [0.3, 0.4) is 0 Å². The van der Waals surface area contributed by atoms with Crippen molar-refractivity contribution in [1.82, 2.24) is 19.4 Å². The average Bonchev–Trinajstić information content (AvgIpc) is 3.22. The van der Waals surface area contributed by atoms with Crippen molar-refractivity contribution in [3.63, 3.8) is 0 Å². The molecule has 2 aromatic heterocycles. The van der Waals surface area contributed by atoms with Crippen molar-refractivity contribution < 1.29 is 9.18 Å². The zero-order valence-corrected chi connectivity index (χ0v) is 19.1. The van der Waals surface area contributed by atoms with E-state index in [1.165, 1.54) is 17.7 Å². The first-order valence-electron chi connectivity index (χ1n) is 11.8. The zero-order valence-electron chi connectivity index (χ0n) is 19.1. The summed E-state index contributed by atoms with van der Waals surface area (Å²) in [4.78, 5) is 26.3. The molecule has 0 atom stereocenters. The molecule has 0 N–H and O–H groups in total. The lowest BCUT2D eigenvalue weighted by molar-refractivity contribution is -0.131. The van der Waals surface area contributed by atoms with Gasteiger partial charge in [-0.25, -0.2) is 14.4 Å². The van der Waals surface area contributed by atoms with E-state index in [9.17, 15) is 9.18 Å². The van der Waals surface area contributed by atoms with Gasteiger partial charge < -0.3 is 14.4 Å². The molecular formula is C27H28FN5O. The summed E-state index contributed by atoms with van der Waals surface area (Å²) < 4.78 is 15.3. The van der Waals surface area contributed by atoms with E-state index in [4.69, 9.17) is 4.98 Å². The molecule has 1 aliphatic rings. The van der Waals surface area contributed by atoms with Crippen molar-refractivity contribution in [1.29, 1.82) is 0 Å². The van der Waals surface area contributed by atoms with E-state index in [1.807, 2.05) is 35.2 Å². The topological polar surface area (TPSA) is 54.3 Å². The zero-order chi connectivity index (χ0) is 23.3. The van der Waals surface area contributed by atoms with E-state index in [2.05, 4.69) is 26.6 Å². The molecule has 0 saturated carbocycles. The first kappa shape index (κ1) is 22.1. The molecule has 0 spiro atoms. The standard InChI is InChI=1S/C27H28FN5O/c28-22-11-13-23(14-12-22)31-16-18-32(19-17-31)26(34)10-4-9-25-30-24-8-5-15-29-27(24)33(25)20-21-6-2-1-3-7-21/h1-3,5-8,11-15H,4,9-10,16-20H2. The van der Waals surface area contributed by atoms with Gasteiger partial charge in [-0.05, 0) is 48.4 Å². The van der Waals surface area contributed by atoms with Gasteiger partial charge in [0, 0.05) is 50.9 Å². The summed E-state index contributed by atoms with van der Waals surface area (Å²) >= 11 is 0. The van der Waals surface area contributed by atoms with Gasteiger partial charge in [0.15, 0.2) is 5.65 Å². The Kier molecular flexibility index (Phi) is 6.51. The Hall–Kier alpha value is -3.74. The molecule has 1 saturated heterocycles. The molecule has 1 fully saturated rings. The molecule has 174 valence electrons. The van der Waals surface area contributed by atoms with Crippen LogP contribution >= 0.6 is 0 Å². The Morgan fingerprint density at radius 2 is 1.68 bits per heavy atom. The quantitative estimate of drug-likeness (QED) is 0.416. The molecule has 0 aliphatic carbocycles. The molecule has 1 amide bonds. The van der Waals surface area contributed by atoms with Gasteiger partial charge in [-0.15, -0.1) is 0 Å². The van der Waals surface area contributed by atoms with Crippen LogP contribution in [0.5, 0.6) is 0 Å². The van der Waals surface area contributed by atoms with Crippen LogP contribution in [0.1, 0.15) is 24.2 Å². The molecule has 2 aromatic carbocycles. The molecule has 4 aromatic rings. The van der Waals surface area contributed by atoms with Gasteiger partial charge in [0.2, 0.25) is 5.91 Å². The first-order chi connectivity index (χ1) is 16.7. The van der Waals surface area contributed by atoms with Gasteiger partial charge in [-0.2, -0.15) is 0 Å². The molecule has 3 heterocycles. The summed E-state index contributed by atoms with van der Waals surface area (Å²) in [6.45, 7) is 3.61. The molecule has 34 heavy (non-hydrogen) atoms. The maximum Gasteiger partial charge on any atom is 0.222 e. The number of hydrogen-bond donors (Lipinski definition) is 0. The Balaban J connectivity index is 1.18. The minimum absolute atomic E-state index is 0.183. The van der Waals surface area contributed by atoms with Crippen LogP contribution in [0.15, 0.2) is 72.9 Å². The summed E-state index contributed by atoms with van der Waals surface area (Å²) in [6.07, 6.45) is 3.77. The molecule has 6 nitrogen and oxygen atoms in total. The second-order valence-corrected chi connectivity index (χ2v) is 8.64. The minimum Gasteiger partial charge on any atom is -0.368 e. The number of hydrogen-bond acceptors (Lipinski definition) is 4. The van der Waals surface area contributed by atoms with Gasteiger partial charge in [0.25, 0.3) is 0 Å². The normalized spacial score (nSPS) is 14.0. The van der Waals surface area contributed by atoms with Gasteiger partial charge in [-0.3, -0.25) is 4.79 Å². The van der Waals surface area contributed by atoms with Crippen molar-refractivity contribution in [2.24, 2.45) is 0 Å². The highest BCUT2D eigenvalue weighted by Gasteiger charge is 2.21. The van der Waals surface area contributed by atoms with Crippen LogP contribution in [0.25, 0.3) is 11.2 Å². The van der Waals surface area contributed by atoms with Crippen molar-refractivity contribution >= 4 is 22.8 Å². The van der Waals surface area contributed by atoms with Crippen LogP contribution in [-0.4, -0.2) is 51.5 Å². The number of imidazole rings is 1. The third kappa shape index (κ3) is 4.93. The molecule has 0 unspecified atom stereocenters. The number of benzene rings is 2. The highest BCUT2D eigenvalue weighted by molar-refractivity contribution is 5.76. The van der Waals surface area contributed by atoms with Gasteiger partial charge in [0.05, 0.1) is 6.54 Å². The summed E-state index contributed by atoms with van der Waals surface area (Å²) in [5.74, 6) is 0.916. The average molecular weight is 458 g/mol. The fraction of sp³-hybridized carbons (Fsp3) is 0.296. The van der Waals surface area contributed by atoms with Crippen LogP contribution < -0.4 is 4.90 Å². The molecular weight excluding hydrogens is 429 g/mol. The van der Waals surface area contributed by atoms with Crippen LogP contribution in [0.4, 0.5) is 10.1 Å². The predicted octanol–water partition coefficient (Wildman–Crippen LogP) is 4.29. The molecule has 0 radical (unpaired) electrons. The lowest BCUT2D eigenvalue weighted by Crippen LogP contribution is -2.48. The number of anilines is 1. The monoisotopic (exact) mass is 457 g/mol. The Morgan fingerprint density at radius 1 is 0.912 bits per heavy atom. The van der Waals surface area contributed by atoms with E-state index in [1.54, 1.807) is 18.3 Å². The Bertz CT molecular complexity index is 1250. The van der Waals surface area contributed by atoms with Gasteiger partial charge >= 0.3 is 0 Å². The van der Waals surface area contributed by atoms with Gasteiger partial charge in [-0.1, -0.05) is 30.3 Å². The first-order valence-corrected chi connectivity index (χ1v) is 11.8. The van der Waals surface area contributed by atoms with E-state index >= 15 is 0 Å². The van der Waals surface area contributed by atoms with Crippen molar-refractivity contribution in [3.8, 4) is 0 Å². The van der Waals surface area contributed by atoms with Gasteiger partial charge in [0.1, 0.15) is 17.2 Å². The van der Waals surface area contributed by atoms with Crippen LogP contribution in [-0.2, 0) is 17.8 Å². The molecule has 5 rings (SSSR count). The summed E-state index contributed by atoms with van der Waals surface area (Å²) in [5.41, 5.74) is 3.96. The molecule has 1 aliphatic heterocycles. The SMILES string of the molecule is O=C(CCCc1nc2cccnc2n1Cc1ccccc1)N1CCN(c2ccc(F)cc2)CC1. The number of halogens is 1. The number of pyridine rings is 1. The number of amides is 1. The van der Waals surface area contributed by atoms with Crippen LogP contribution in [0, 0.1) is 5.82 Å². The highest BCUT2D eigenvalue weighted by atomic mass is 19.1. The highest BCUT2D eigenvalue weighted by Crippen LogP contribution is 2.19. The van der Waals surface area contributed by atoms with Crippen LogP contribution in [0.2, 0.25) is 0 Å². The van der Waals surface area contributed by atoms with Crippen molar-refractivity contribution in [2.75, 3.05) is 31.1 Å². The summed E-state index contributed by atoms with van der Waals surface area (Å²) in [5, 5.41) is 0. The minimum atomic E-state index is -0.231. The number of carbonyl (C=O) groups excluding carboxylic acids is 1. The number of carbonyl (C=O) groups is 1. The van der Waals surface area contributed by atoms with Crippen molar-refractivity contribution in [2.45, 2.75) is 25.8 Å². The van der Waals surface area contributed by atoms with E-state index in [0.717, 1.165) is 48.6 Å². The Labute approximate surface area is 198 Å². The second-order valence-electron chi connectivity index (χ2n) is 8.64. The maximum atomic E-state index is 13.2. The maximum absolute atomic E-state index is 13.2. The predicted molar refractivity (Wildman–Crippen MR) is 131 cm³/mol. The molecule has 7 heteroatoms. The Morgan fingerprint density at radius 3 is 2.44 bits per heavy atom. The number of aromatic nitrogens is 3. The fourth-order valence-corrected chi connectivity index (χ4v) is 4.55. The smallest absolute Gasteiger partial charge is 0.222 e.